The quantitative estimate of drug-likeness (QED) is 0.371. The predicted octanol–water partition coefficient (Wildman–Crippen LogP) is 4.61. The lowest BCUT2D eigenvalue weighted by molar-refractivity contribution is 0.102. The highest BCUT2D eigenvalue weighted by molar-refractivity contribution is 7.98. The average molecular weight is 377 g/mol. The summed E-state index contributed by atoms with van der Waals surface area (Å²) in [6, 6.07) is 18.9. The Morgan fingerprint density at radius 2 is 1.93 bits per heavy atom. The van der Waals surface area contributed by atoms with Crippen LogP contribution in [0.4, 0.5) is 5.69 Å². The molecule has 0 unspecified atom stereocenters. The first-order chi connectivity index (χ1) is 13.2. The van der Waals surface area contributed by atoms with Crippen LogP contribution in [0.1, 0.15) is 21.5 Å². The molecule has 2 aromatic carbocycles. The van der Waals surface area contributed by atoms with Gasteiger partial charge in [0.15, 0.2) is 0 Å². The maximum absolute atomic E-state index is 12.4. The zero-order chi connectivity index (χ0) is 18.9. The Bertz CT molecular complexity index is 895. The molecule has 5 nitrogen and oxygen atoms in total. The smallest absolute Gasteiger partial charge is 0.255 e. The lowest BCUT2D eigenvalue weighted by Crippen LogP contribution is -2.11. The van der Waals surface area contributed by atoms with E-state index >= 15 is 0 Å². The lowest BCUT2D eigenvalue weighted by atomic mass is 10.1. The van der Waals surface area contributed by atoms with Crippen molar-refractivity contribution in [1.29, 1.82) is 0 Å². The molecule has 0 atom stereocenters. The van der Waals surface area contributed by atoms with E-state index in [9.17, 15) is 4.79 Å². The molecule has 6 heteroatoms. The molecule has 0 aliphatic carbocycles. The van der Waals surface area contributed by atoms with Crippen molar-refractivity contribution in [3.63, 3.8) is 0 Å². The molecule has 0 spiro atoms. The number of oxime groups is 1. The number of hydrogen-bond acceptors (Lipinski definition) is 5. The lowest BCUT2D eigenvalue weighted by Gasteiger charge is -2.07. The fourth-order valence-corrected chi connectivity index (χ4v) is 3.15. The van der Waals surface area contributed by atoms with E-state index in [1.165, 1.54) is 12.7 Å². The minimum absolute atomic E-state index is 0.152. The van der Waals surface area contributed by atoms with E-state index < -0.39 is 0 Å². The molecule has 0 radical (unpaired) electrons. The normalized spacial score (nSPS) is 10.7. The van der Waals surface area contributed by atoms with Gasteiger partial charge in [-0.2, -0.15) is 0 Å². The number of nitrogens with zero attached hydrogens (tertiary/aromatic N) is 2. The molecule has 1 N–H and O–H groups in total. The van der Waals surface area contributed by atoms with Gasteiger partial charge in [-0.25, -0.2) is 0 Å². The van der Waals surface area contributed by atoms with Crippen molar-refractivity contribution in [3.05, 3.63) is 89.7 Å². The van der Waals surface area contributed by atoms with Gasteiger partial charge >= 0.3 is 0 Å². The maximum Gasteiger partial charge on any atom is 0.255 e. The number of pyridine rings is 1. The van der Waals surface area contributed by atoms with E-state index in [1.54, 1.807) is 36.3 Å². The number of carbonyl (C=O) groups excluding carboxylic acids is 1. The third-order valence-corrected chi connectivity index (χ3v) is 4.80. The van der Waals surface area contributed by atoms with Gasteiger partial charge in [-0.05, 0) is 53.6 Å². The van der Waals surface area contributed by atoms with Crippen LogP contribution in [0.25, 0.3) is 0 Å². The zero-order valence-electron chi connectivity index (χ0n) is 14.8. The Morgan fingerprint density at radius 1 is 1.15 bits per heavy atom. The monoisotopic (exact) mass is 377 g/mol. The number of anilines is 1. The Morgan fingerprint density at radius 3 is 2.59 bits per heavy atom. The van der Waals surface area contributed by atoms with Crippen molar-refractivity contribution in [1.82, 2.24) is 4.98 Å². The molecule has 27 heavy (non-hydrogen) atoms. The van der Waals surface area contributed by atoms with Gasteiger partial charge in [0.25, 0.3) is 5.91 Å². The molecule has 1 amide bonds. The molecular formula is C21H19N3O2S. The number of amides is 1. The van der Waals surface area contributed by atoms with Crippen molar-refractivity contribution >= 4 is 29.6 Å². The Kier molecular flexibility index (Phi) is 6.60. The molecule has 0 fully saturated rings. The van der Waals surface area contributed by atoms with Crippen molar-refractivity contribution in [3.8, 4) is 0 Å². The Balaban J connectivity index is 1.55. The Labute approximate surface area is 162 Å². The van der Waals surface area contributed by atoms with E-state index in [0.717, 1.165) is 21.9 Å². The van der Waals surface area contributed by atoms with Gasteiger partial charge in [-0.3, -0.25) is 9.78 Å². The number of benzene rings is 2. The molecule has 0 aliphatic heterocycles. The number of carbonyl (C=O) groups is 1. The predicted molar refractivity (Wildman–Crippen MR) is 109 cm³/mol. The summed E-state index contributed by atoms with van der Waals surface area (Å²) >= 11 is 1.73. The standard InChI is InChI=1S/C21H19N3O2S/c1-26-23-14-16-4-6-18(7-5-16)21(25)24-19-8-10-20(11-9-19)27-15-17-3-2-12-22-13-17/h2-14H,15H2,1H3,(H,24,25)/b23-14+. The first-order valence-corrected chi connectivity index (χ1v) is 9.33. The van der Waals surface area contributed by atoms with Crippen molar-refractivity contribution in [2.75, 3.05) is 12.4 Å². The number of nitrogens with one attached hydrogen (secondary N) is 1. The first-order valence-electron chi connectivity index (χ1n) is 8.34. The zero-order valence-corrected chi connectivity index (χ0v) is 15.6. The second-order valence-electron chi connectivity index (χ2n) is 5.67. The summed E-state index contributed by atoms with van der Waals surface area (Å²) in [7, 11) is 1.49. The highest BCUT2D eigenvalue weighted by Gasteiger charge is 2.06. The molecule has 3 aromatic rings. The molecular weight excluding hydrogens is 358 g/mol. The molecule has 0 saturated carbocycles. The second-order valence-corrected chi connectivity index (χ2v) is 6.72. The fraction of sp³-hybridized carbons (Fsp3) is 0.0952. The van der Waals surface area contributed by atoms with Gasteiger partial charge in [-0.1, -0.05) is 23.4 Å². The van der Waals surface area contributed by atoms with Gasteiger partial charge in [0.1, 0.15) is 7.11 Å². The summed E-state index contributed by atoms with van der Waals surface area (Å²) in [4.78, 5) is 22.2. The topological polar surface area (TPSA) is 63.6 Å². The van der Waals surface area contributed by atoms with Crippen LogP contribution in [-0.4, -0.2) is 24.2 Å². The van der Waals surface area contributed by atoms with Crippen LogP contribution in [0.3, 0.4) is 0 Å². The summed E-state index contributed by atoms with van der Waals surface area (Å²) in [5.74, 6) is 0.708. The number of hydrogen-bond donors (Lipinski definition) is 1. The van der Waals surface area contributed by atoms with Gasteiger partial charge in [0, 0.05) is 34.3 Å². The number of rotatable bonds is 7. The van der Waals surface area contributed by atoms with Crippen molar-refractivity contribution in [2.24, 2.45) is 5.16 Å². The fourth-order valence-electron chi connectivity index (χ4n) is 2.32. The van der Waals surface area contributed by atoms with Crippen LogP contribution < -0.4 is 5.32 Å². The van der Waals surface area contributed by atoms with E-state index in [0.29, 0.717) is 5.56 Å². The highest BCUT2D eigenvalue weighted by atomic mass is 32.2. The summed E-state index contributed by atoms with van der Waals surface area (Å²) in [6.45, 7) is 0. The maximum atomic E-state index is 12.4. The van der Waals surface area contributed by atoms with Crippen LogP contribution in [-0.2, 0) is 10.6 Å². The molecule has 0 aliphatic rings. The highest BCUT2D eigenvalue weighted by Crippen LogP contribution is 2.24. The summed E-state index contributed by atoms with van der Waals surface area (Å²) in [6.07, 6.45) is 5.23. The van der Waals surface area contributed by atoms with Crippen molar-refractivity contribution in [2.45, 2.75) is 10.6 Å². The minimum atomic E-state index is -0.152. The van der Waals surface area contributed by atoms with Crippen LogP contribution in [0, 0.1) is 0 Å². The first kappa shape index (κ1) is 18.7. The summed E-state index contributed by atoms with van der Waals surface area (Å²) in [5, 5.41) is 6.60. The van der Waals surface area contributed by atoms with Gasteiger partial charge < -0.3 is 10.2 Å². The van der Waals surface area contributed by atoms with E-state index in [4.69, 9.17) is 0 Å². The van der Waals surface area contributed by atoms with E-state index in [1.807, 2.05) is 48.7 Å². The van der Waals surface area contributed by atoms with E-state index in [2.05, 4.69) is 26.4 Å². The van der Waals surface area contributed by atoms with Crippen molar-refractivity contribution < 1.29 is 9.63 Å². The molecule has 3 rings (SSSR count). The third kappa shape index (κ3) is 5.69. The minimum Gasteiger partial charge on any atom is -0.399 e. The van der Waals surface area contributed by atoms with Crippen LogP contribution in [0.2, 0.25) is 0 Å². The van der Waals surface area contributed by atoms with Gasteiger partial charge in [0.05, 0.1) is 6.21 Å². The average Bonchev–Trinajstić information content (AvgIpc) is 2.73. The Hall–Kier alpha value is -3.12. The van der Waals surface area contributed by atoms with Crippen LogP contribution >= 0.6 is 11.8 Å². The molecule has 1 aromatic heterocycles. The molecule has 1 heterocycles. The molecule has 136 valence electrons. The third-order valence-electron chi connectivity index (χ3n) is 3.72. The number of aromatic nitrogens is 1. The van der Waals surface area contributed by atoms with Crippen LogP contribution in [0.5, 0.6) is 0 Å². The van der Waals surface area contributed by atoms with E-state index in [-0.39, 0.29) is 5.91 Å². The molecule has 0 saturated heterocycles. The second kappa shape index (κ2) is 9.54. The largest absolute Gasteiger partial charge is 0.399 e. The summed E-state index contributed by atoms with van der Waals surface area (Å²) < 4.78 is 0. The molecule has 0 bridgehead atoms. The SMILES string of the molecule is CO/N=C/c1ccc(C(=O)Nc2ccc(SCc3cccnc3)cc2)cc1. The van der Waals surface area contributed by atoms with Gasteiger partial charge in [-0.15, -0.1) is 11.8 Å². The van der Waals surface area contributed by atoms with Gasteiger partial charge in [0.2, 0.25) is 0 Å². The summed E-state index contributed by atoms with van der Waals surface area (Å²) in [5.41, 5.74) is 3.39. The number of thioether (sulfide) groups is 1. The van der Waals surface area contributed by atoms with Crippen LogP contribution in [0.15, 0.2) is 83.1 Å².